The fraction of sp³-hybridized carbons (Fsp3) is 0.118. The Morgan fingerprint density at radius 2 is 1.86 bits per heavy atom. The quantitative estimate of drug-likeness (QED) is 0.721. The molecule has 0 saturated carbocycles. The average Bonchev–Trinajstić information content (AvgIpc) is 2.51. The molecule has 1 aromatic heterocycles. The number of aryl methyl sites for hydroxylation is 1. The van der Waals surface area contributed by atoms with Gasteiger partial charge in [0, 0.05) is 28.4 Å². The van der Waals surface area contributed by atoms with Gasteiger partial charge in [-0.1, -0.05) is 12.1 Å². The Balaban J connectivity index is 2.03. The van der Waals surface area contributed by atoms with Crippen LogP contribution in [0.15, 0.2) is 48.7 Å². The minimum Gasteiger partial charge on any atom is -0.457 e. The highest BCUT2D eigenvalue weighted by atomic mass is 16.5. The zero-order chi connectivity index (χ0) is 14.8. The number of hydrogen-bond donors (Lipinski definition) is 2. The van der Waals surface area contributed by atoms with Crippen LogP contribution in [0.1, 0.15) is 11.3 Å². The first-order valence-electron chi connectivity index (χ1n) is 6.70. The molecule has 3 aromatic rings. The van der Waals surface area contributed by atoms with E-state index in [1.165, 1.54) is 0 Å². The monoisotopic (exact) mass is 280 g/mol. The van der Waals surface area contributed by atoms with Crippen molar-refractivity contribution in [1.29, 1.82) is 0 Å². The molecule has 0 saturated heterocycles. The fourth-order valence-corrected chi connectivity index (χ4v) is 2.22. The number of aromatic nitrogens is 1. The van der Waals surface area contributed by atoms with Gasteiger partial charge in [-0.25, -0.2) is 0 Å². The molecule has 0 bridgehead atoms. The topological polar surface area (TPSA) is 68.4 Å². The number of benzene rings is 2. The van der Waals surface area contributed by atoms with Crippen LogP contribution in [0, 0.1) is 6.92 Å². The number of nitrogens with zero attached hydrogens (tertiary/aromatic N) is 1. The number of fused-ring (bicyclic) bond motifs is 1. The summed E-state index contributed by atoms with van der Waals surface area (Å²) in [5.41, 5.74) is 8.43. The number of anilines is 1. The van der Waals surface area contributed by atoms with Gasteiger partial charge in [-0.3, -0.25) is 4.98 Å². The Morgan fingerprint density at radius 1 is 1.10 bits per heavy atom. The highest BCUT2D eigenvalue weighted by Gasteiger charge is 2.07. The van der Waals surface area contributed by atoms with Crippen molar-refractivity contribution >= 4 is 16.5 Å². The summed E-state index contributed by atoms with van der Waals surface area (Å²) in [6.07, 6.45) is 1.77. The van der Waals surface area contributed by atoms with Crippen LogP contribution in [0.4, 0.5) is 5.69 Å². The maximum absolute atomic E-state index is 9.06. The van der Waals surface area contributed by atoms with Gasteiger partial charge in [-0.15, -0.1) is 0 Å². The Hall–Kier alpha value is -2.59. The molecule has 3 rings (SSSR count). The maximum atomic E-state index is 9.06. The molecule has 4 nitrogen and oxygen atoms in total. The van der Waals surface area contributed by atoms with E-state index in [1.807, 2.05) is 49.4 Å². The van der Waals surface area contributed by atoms with Crippen molar-refractivity contribution in [3.63, 3.8) is 0 Å². The standard InChI is InChI=1S/C17H16N2O2/c1-11-8-14-15(9-19-11)16(18)6-7-17(14)21-13-4-2-12(10-20)3-5-13/h2-9,20H,10,18H2,1H3. The van der Waals surface area contributed by atoms with E-state index in [2.05, 4.69) is 4.98 Å². The van der Waals surface area contributed by atoms with E-state index < -0.39 is 0 Å². The first-order valence-corrected chi connectivity index (χ1v) is 6.70. The molecule has 0 atom stereocenters. The summed E-state index contributed by atoms with van der Waals surface area (Å²) >= 11 is 0. The number of aliphatic hydroxyl groups is 1. The predicted molar refractivity (Wildman–Crippen MR) is 83.3 cm³/mol. The number of rotatable bonds is 3. The van der Waals surface area contributed by atoms with E-state index in [9.17, 15) is 0 Å². The van der Waals surface area contributed by atoms with E-state index in [0.717, 1.165) is 27.8 Å². The molecule has 0 aliphatic heterocycles. The van der Waals surface area contributed by atoms with Crippen LogP contribution < -0.4 is 10.5 Å². The van der Waals surface area contributed by atoms with E-state index in [-0.39, 0.29) is 6.61 Å². The van der Waals surface area contributed by atoms with Crippen molar-refractivity contribution in [2.75, 3.05) is 5.73 Å². The molecule has 0 aliphatic carbocycles. The molecule has 0 fully saturated rings. The zero-order valence-corrected chi connectivity index (χ0v) is 11.7. The molecule has 0 amide bonds. The van der Waals surface area contributed by atoms with Crippen LogP contribution in [0.2, 0.25) is 0 Å². The van der Waals surface area contributed by atoms with Gasteiger partial charge in [0.05, 0.1) is 6.61 Å². The van der Waals surface area contributed by atoms with Gasteiger partial charge in [0.1, 0.15) is 11.5 Å². The SMILES string of the molecule is Cc1cc2c(Oc3ccc(CO)cc3)ccc(N)c2cn1. The van der Waals surface area contributed by atoms with Gasteiger partial charge in [-0.2, -0.15) is 0 Å². The molecule has 21 heavy (non-hydrogen) atoms. The third-order valence-electron chi connectivity index (χ3n) is 3.37. The van der Waals surface area contributed by atoms with Crippen molar-refractivity contribution in [2.24, 2.45) is 0 Å². The summed E-state index contributed by atoms with van der Waals surface area (Å²) in [7, 11) is 0. The second kappa shape index (κ2) is 5.42. The Bertz CT molecular complexity index is 783. The summed E-state index contributed by atoms with van der Waals surface area (Å²) in [6.45, 7) is 1.96. The number of aliphatic hydroxyl groups excluding tert-OH is 1. The van der Waals surface area contributed by atoms with Gasteiger partial charge in [0.2, 0.25) is 0 Å². The van der Waals surface area contributed by atoms with E-state index >= 15 is 0 Å². The summed E-state index contributed by atoms with van der Waals surface area (Å²) in [6, 6.07) is 13.0. The predicted octanol–water partition coefficient (Wildman–Crippen LogP) is 3.41. The van der Waals surface area contributed by atoms with Gasteiger partial charge >= 0.3 is 0 Å². The van der Waals surface area contributed by atoms with E-state index in [1.54, 1.807) is 6.20 Å². The molecule has 0 spiro atoms. The van der Waals surface area contributed by atoms with E-state index in [0.29, 0.717) is 11.4 Å². The molecular weight excluding hydrogens is 264 g/mol. The lowest BCUT2D eigenvalue weighted by Crippen LogP contribution is -1.93. The Kier molecular flexibility index (Phi) is 3.46. The van der Waals surface area contributed by atoms with Crippen LogP contribution in [0.25, 0.3) is 10.8 Å². The van der Waals surface area contributed by atoms with Crippen molar-refractivity contribution in [2.45, 2.75) is 13.5 Å². The van der Waals surface area contributed by atoms with Crippen molar-refractivity contribution in [3.05, 3.63) is 59.9 Å². The summed E-state index contributed by atoms with van der Waals surface area (Å²) in [5.74, 6) is 1.45. The van der Waals surface area contributed by atoms with Gasteiger partial charge in [0.15, 0.2) is 0 Å². The highest BCUT2D eigenvalue weighted by Crippen LogP contribution is 2.33. The summed E-state index contributed by atoms with van der Waals surface area (Å²) < 4.78 is 5.94. The largest absolute Gasteiger partial charge is 0.457 e. The van der Waals surface area contributed by atoms with Crippen LogP contribution in [0.5, 0.6) is 11.5 Å². The maximum Gasteiger partial charge on any atom is 0.135 e. The molecule has 3 N–H and O–H groups in total. The van der Waals surface area contributed by atoms with Crippen molar-refractivity contribution in [1.82, 2.24) is 4.98 Å². The Morgan fingerprint density at radius 3 is 2.57 bits per heavy atom. The highest BCUT2D eigenvalue weighted by molar-refractivity contribution is 5.96. The fourth-order valence-electron chi connectivity index (χ4n) is 2.22. The van der Waals surface area contributed by atoms with Crippen molar-refractivity contribution < 1.29 is 9.84 Å². The smallest absolute Gasteiger partial charge is 0.135 e. The minimum absolute atomic E-state index is 0.0238. The van der Waals surface area contributed by atoms with Crippen LogP contribution >= 0.6 is 0 Å². The third kappa shape index (κ3) is 2.66. The molecule has 0 unspecified atom stereocenters. The number of nitrogen functional groups attached to an aromatic ring is 1. The summed E-state index contributed by atoms with van der Waals surface area (Å²) in [5, 5.41) is 10.9. The minimum atomic E-state index is 0.0238. The molecule has 0 aliphatic rings. The number of nitrogens with two attached hydrogens (primary N) is 1. The van der Waals surface area contributed by atoms with Gasteiger partial charge in [0.25, 0.3) is 0 Å². The second-order valence-corrected chi connectivity index (χ2v) is 4.93. The molecular formula is C17H16N2O2. The normalized spacial score (nSPS) is 10.8. The zero-order valence-electron chi connectivity index (χ0n) is 11.7. The van der Waals surface area contributed by atoms with Crippen LogP contribution in [-0.2, 0) is 6.61 Å². The second-order valence-electron chi connectivity index (χ2n) is 4.93. The number of ether oxygens (including phenoxy) is 1. The lowest BCUT2D eigenvalue weighted by molar-refractivity contribution is 0.281. The molecule has 0 radical (unpaired) electrons. The number of pyridine rings is 1. The van der Waals surface area contributed by atoms with Crippen LogP contribution in [-0.4, -0.2) is 10.1 Å². The molecule has 106 valence electrons. The van der Waals surface area contributed by atoms with Crippen LogP contribution in [0.3, 0.4) is 0 Å². The molecule has 4 heteroatoms. The third-order valence-corrected chi connectivity index (χ3v) is 3.37. The van der Waals surface area contributed by atoms with Gasteiger partial charge in [-0.05, 0) is 42.8 Å². The molecule has 2 aromatic carbocycles. The average molecular weight is 280 g/mol. The number of hydrogen-bond acceptors (Lipinski definition) is 4. The van der Waals surface area contributed by atoms with Gasteiger partial charge < -0.3 is 15.6 Å². The lowest BCUT2D eigenvalue weighted by atomic mass is 10.1. The van der Waals surface area contributed by atoms with E-state index in [4.69, 9.17) is 15.6 Å². The Labute approximate surface area is 122 Å². The molecule has 1 heterocycles. The first-order chi connectivity index (χ1) is 10.2. The van der Waals surface area contributed by atoms with Crippen molar-refractivity contribution in [3.8, 4) is 11.5 Å². The lowest BCUT2D eigenvalue weighted by Gasteiger charge is -2.11. The summed E-state index contributed by atoms with van der Waals surface area (Å²) in [4.78, 5) is 4.28. The first kappa shape index (κ1) is 13.4.